The van der Waals surface area contributed by atoms with Gasteiger partial charge in [0, 0.05) is 6.16 Å². The smallest absolute Gasteiger partial charge is 0.261 e. The maximum Gasteiger partial charge on any atom is 0.261 e. The first-order valence-corrected chi connectivity index (χ1v) is 8.16. The van der Waals surface area contributed by atoms with Crippen molar-refractivity contribution in [3.8, 4) is 0 Å². The monoisotopic (exact) mass is 251 g/mol. The lowest BCUT2D eigenvalue weighted by molar-refractivity contribution is 0.497. The minimum absolute atomic E-state index is 0.222. The van der Waals surface area contributed by atoms with Crippen molar-refractivity contribution in [1.29, 1.82) is 0 Å². The van der Waals surface area contributed by atoms with Crippen molar-refractivity contribution in [3.05, 3.63) is 35.9 Å². The molecule has 0 heterocycles. The van der Waals surface area contributed by atoms with Gasteiger partial charge in [0.1, 0.15) is 6.42 Å². The molecule has 0 aromatic heterocycles. The van der Waals surface area contributed by atoms with Crippen LogP contribution >= 0.6 is 14.6 Å². The first kappa shape index (κ1) is 12.1. The highest BCUT2D eigenvalue weighted by Crippen LogP contribution is 2.44. The van der Waals surface area contributed by atoms with Crippen molar-refractivity contribution in [1.82, 2.24) is 4.86 Å². The van der Waals surface area contributed by atoms with Gasteiger partial charge in [-0.05, 0) is 17.4 Å². The molecule has 2 atom stereocenters. The minimum atomic E-state index is -2.92. The molecule has 3 N–H and O–H groups in total. The SMILES string of the molecule is O=[PH](O)NP(O)(=S)Cc1ccccc1. The largest absolute Gasteiger partial charge is 0.353 e. The van der Waals surface area contributed by atoms with Crippen molar-refractivity contribution >= 4 is 26.4 Å². The summed E-state index contributed by atoms with van der Waals surface area (Å²) in [5.74, 6) is 0. The second-order valence-electron chi connectivity index (χ2n) is 2.76. The summed E-state index contributed by atoms with van der Waals surface area (Å²) in [6.07, 6.45) is -2.68. The van der Waals surface area contributed by atoms with E-state index in [4.69, 9.17) is 16.7 Å². The predicted octanol–water partition coefficient (Wildman–Crippen LogP) is 1.46. The molecule has 0 aliphatic rings. The van der Waals surface area contributed by atoms with Gasteiger partial charge in [-0.15, -0.1) is 0 Å². The van der Waals surface area contributed by atoms with E-state index in [1.165, 1.54) is 0 Å². The zero-order valence-electron chi connectivity index (χ0n) is 7.25. The highest BCUT2D eigenvalue weighted by Gasteiger charge is 2.14. The highest BCUT2D eigenvalue weighted by atomic mass is 32.4. The van der Waals surface area contributed by atoms with E-state index in [1.807, 2.05) is 30.3 Å². The zero-order valence-corrected chi connectivity index (χ0v) is 9.96. The summed E-state index contributed by atoms with van der Waals surface area (Å²) >= 11 is 4.82. The van der Waals surface area contributed by atoms with Gasteiger partial charge in [0.05, 0.1) is 0 Å². The lowest BCUT2D eigenvalue weighted by Crippen LogP contribution is -2.01. The summed E-state index contributed by atoms with van der Waals surface area (Å²) in [4.78, 5) is 20.4. The van der Waals surface area contributed by atoms with E-state index in [2.05, 4.69) is 4.86 Å². The first-order valence-electron chi connectivity index (χ1n) is 3.86. The number of benzene rings is 1. The molecule has 0 saturated heterocycles. The van der Waals surface area contributed by atoms with Crippen LogP contribution in [0.15, 0.2) is 30.3 Å². The Morgan fingerprint density at radius 3 is 2.50 bits per heavy atom. The lowest BCUT2D eigenvalue weighted by Gasteiger charge is -2.14. The zero-order chi connectivity index (χ0) is 10.6. The lowest BCUT2D eigenvalue weighted by atomic mass is 10.2. The van der Waals surface area contributed by atoms with E-state index in [-0.39, 0.29) is 6.16 Å². The van der Waals surface area contributed by atoms with E-state index in [0.29, 0.717) is 0 Å². The van der Waals surface area contributed by atoms with Gasteiger partial charge < -0.3 is 9.79 Å². The van der Waals surface area contributed by atoms with Crippen LogP contribution in [0.5, 0.6) is 0 Å². The van der Waals surface area contributed by atoms with Crippen LogP contribution in [-0.4, -0.2) is 9.79 Å². The van der Waals surface area contributed by atoms with Crippen LogP contribution in [0, 0.1) is 0 Å². The Kier molecular flexibility index (Phi) is 4.45. The fourth-order valence-corrected chi connectivity index (χ4v) is 4.39. The van der Waals surface area contributed by atoms with Gasteiger partial charge in [-0.25, -0.2) is 0 Å². The van der Waals surface area contributed by atoms with Crippen LogP contribution in [-0.2, 0) is 22.5 Å². The van der Waals surface area contributed by atoms with Gasteiger partial charge in [0.15, 0.2) is 0 Å². The average molecular weight is 251 g/mol. The Hall–Kier alpha value is -0.0200. The Labute approximate surface area is 88.0 Å². The molecule has 0 radical (unpaired) electrons. The van der Waals surface area contributed by atoms with Crippen molar-refractivity contribution in [3.63, 3.8) is 0 Å². The predicted molar refractivity (Wildman–Crippen MR) is 61.0 cm³/mol. The fraction of sp³-hybridized carbons (Fsp3) is 0.143. The molecule has 0 spiro atoms. The number of hydrogen-bond acceptors (Lipinski definition) is 2. The van der Waals surface area contributed by atoms with Gasteiger partial charge in [-0.3, -0.25) is 4.57 Å². The van der Waals surface area contributed by atoms with Crippen molar-refractivity contribution < 1.29 is 14.4 Å². The molecule has 1 aromatic rings. The second-order valence-corrected chi connectivity index (χ2v) is 7.80. The third-order valence-electron chi connectivity index (χ3n) is 1.51. The Morgan fingerprint density at radius 1 is 1.43 bits per heavy atom. The quantitative estimate of drug-likeness (QED) is 0.707. The third-order valence-corrected chi connectivity index (χ3v) is 5.68. The molecule has 2 unspecified atom stereocenters. The molecule has 0 bridgehead atoms. The van der Waals surface area contributed by atoms with Crippen LogP contribution in [0.4, 0.5) is 0 Å². The Morgan fingerprint density at radius 2 is 2.00 bits per heavy atom. The maximum atomic E-state index is 10.5. The normalized spacial score (nSPS) is 17.3. The summed E-state index contributed by atoms with van der Waals surface area (Å²) in [6.45, 7) is 0. The van der Waals surface area contributed by atoms with Gasteiger partial charge in [-0.2, -0.15) is 4.86 Å². The Balaban J connectivity index is 2.69. The standard InChI is InChI=1S/C7H11NO3P2S/c9-12(10)8-13(11,14)6-7-4-2-1-3-5-7/h1-5,12H,6H2,(H3,8,9,10,11,14). The minimum Gasteiger partial charge on any atom is -0.353 e. The molecule has 78 valence electrons. The molecule has 1 aromatic carbocycles. The summed E-state index contributed by atoms with van der Waals surface area (Å²) < 4.78 is 10.5. The average Bonchev–Trinajstić information content (AvgIpc) is 2.02. The molecule has 0 amide bonds. The number of hydrogen-bond donors (Lipinski definition) is 3. The molecule has 4 nitrogen and oxygen atoms in total. The number of rotatable bonds is 4. The van der Waals surface area contributed by atoms with Gasteiger partial charge in [0.2, 0.25) is 0 Å². The van der Waals surface area contributed by atoms with E-state index in [9.17, 15) is 9.46 Å². The molecule has 14 heavy (non-hydrogen) atoms. The topological polar surface area (TPSA) is 69.6 Å². The maximum absolute atomic E-state index is 10.5. The van der Waals surface area contributed by atoms with Crippen LogP contribution < -0.4 is 4.86 Å². The van der Waals surface area contributed by atoms with Crippen molar-refractivity contribution in [2.45, 2.75) is 6.16 Å². The first-order chi connectivity index (χ1) is 6.49. The van der Waals surface area contributed by atoms with E-state index >= 15 is 0 Å². The van der Waals surface area contributed by atoms with E-state index in [1.54, 1.807) is 0 Å². The number of nitrogens with one attached hydrogen (secondary N) is 1. The molecule has 0 aliphatic heterocycles. The van der Waals surface area contributed by atoms with Crippen LogP contribution in [0.3, 0.4) is 0 Å². The molecule has 7 heteroatoms. The highest BCUT2D eigenvalue weighted by molar-refractivity contribution is 8.11. The van der Waals surface area contributed by atoms with Gasteiger partial charge in [-0.1, -0.05) is 30.3 Å². The molecular formula is C7H11NO3P2S. The molecular weight excluding hydrogens is 240 g/mol. The fourth-order valence-electron chi connectivity index (χ4n) is 1.02. The third kappa shape index (κ3) is 4.47. The summed E-state index contributed by atoms with van der Waals surface area (Å²) in [5.41, 5.74) is 0.856. The van der Waals surface area contributed by atoms with Crippen molar-refractivity contribution in [2.24, 2.45) is 0 Å². The summed E-state index contributed by atoms with van der Waals surface area (Å²) in [6, 6.07) is 9.13. The molecule has 0 saturated carbocycles. The van der Waals surface area contributed by atoms with E-state index < -0.39 is 14.6 Å². The summed E-state index contributed by atoms with van der Waals surface area (Å²) in [7, 11) is -2.92. The van der Waals surface area contributed by atoms with Gasteiger partial charge >= 0.3 is 0 Å². The summed E-state index contributed by atoms with van der Waals surface area (Å²) in [5, 5.41) is 0. The van der Waals surface area contributed by atoms with E-state index in [0.717, 1.165) is 5.56 Å². The van der Waals surface area contributed by atoms with Gasteiger partial charge in [0.25, 0.3) is 8.18 Å². The molecule has 0 aliphatic carbocycles. The molecule has 1 rings (SSSR count). The van der Waals surface area contributed by atoms with Crippen LogP contribution in [0.25, 0.3) is 0 Å². The van der Waals surface area contributed by atoms with Crippen LogP contribution in [0.1, 0.15) is 5.56 Å². The van der Waals surface area contributed by atoms with Crippen molar-refractivity contribution in [2.75, 3.05) is 0 Å². The van der Waals surface area contributed by atoms with Crippen LogP contribution in [0.2, 0.25) is 0 Å². The molecule has 0 fully saturated rings. The second kappa shape index (κ2) is 5.17. The Bertz CT molecular complexity index is 370.